The van der Waals surface area contributed by atoms with Gasteiger partial charge >= 0.3 is 0 Å². The van der Waals surface area contributed by atoms with E-state index >= 15 is 0 Å². The van der Waals surface area contributed by atoms with E-state index < -0.39 is 6.29 Å². The first-order valence-electron chi connectivity index (χ1n) is 7.14. The molecule has 0 saturated carbocycles. The molecule has 6 nitrogen and oxygen atoms in total. The normalized spacial score (nSPS) is 23.8. The molecular weight excluding hydrogens is 300 g/mol. The van der Waals surface area contributed by atoms with Crippen LogP contribution in [0.2, 0.25) is 0 Å². The summed E-state index contributed by atoms with van der Waals surface area (Å²) in [6.45, 7) is 0.378. The zero-order chi connectivity index (χ0) is 16.0. The van der Waals surface area contributed by atoms with Crippen molar-refractivity contribution in [3.05, 3.63) is 47.5 Å². The maximum atomic E-state index is 10.5. The summed E-state index contributed by atoms with van der Waals surface area (Å²) in [5.74, 6) is 1.56. The van der Waals surface area contributed by atoms with Gasteiger partial charge < -0.3 is 24.1 Å². The molecule has 2 aliphatic heterocycles. The van der Waals surface area contributed by atoms with Crippen LogP contribution in [0, 0.1) is 0 Å². The van der Waals surface area contributed by atoms with Crippen LogP contribution in [-0.2, 0) is 9.53 Å². The number of hydrogen-bond donors (Lipinski definition) is 1. The van der Waals surface area contributed by atoms with E-state index in [1.165, 1.54) is 0 Å². The van der Waals surface area contributed by atoms with Crippen LogP contribution < -0.4 is 14.2 Å². The lowest BCUT2D eigenvalue weighted by Gasteiger charge is -2.33. The van der Waals surface area contributed by atoms with Crippen LogP contribution in [0.4, 0.5) is 0 Å². The lowest BCUT2D eigenvalue weighted by atomic mass is 9.88. The lowest BCUT2D eigenvalue weighted by molar-refractivity contribution is -0.120. The molecule has 6 heteroatoms. The van der Waals surface area contributed by atoms with Crippen molar-refractivity contribution in [3.8, 4) is 23.0 Å². The molecule has 2 aromatic carbocycles. The van der Waals surface area contributed by atoms with E-state index in [-0.39, 0.29) is 17.8 Å². The van der Waals surface area contributed by atoms with E-state index in [0.29, 0.717) is 23.7 Å². The number of fused-ring (bicyclic) bond motifs is 5. The number of phenolic OH excluding ortho intramolecular Hbond substituents is 1. The average Bonchev–Trinajstić information content (AvgIpc) is 2.92. The van der Waals surface area contributed by atoms with E-state index in [0.717, 1.165) is 11.1 Å². The van der Waals surface area contributed by atoms with Crippen molar-refractivity contribution in [1.82, 2.24) is 0 Å². The molecule has 0 unspecified atom stereocenters. The SMILES string of the molecule is CO[C@@H]1Oc2cc(O)ccc2[C@@H]2Oc3cc(OC=O)ccc3[C@H]12. The molecule has 1 N–H and O–H groups in total. The Hall–Kier alpha value is -2.73. The zero-order valence-electron chi connectivity index (χ0n) is 12.3. The molecule has 4 rings (SSSR count). The van der Waals surface area contributed by atoms with Gasteiger partial charge in [-0.2, -0.15) is 0 Å². The maximum Gasteiger partial charge on any atom is 0.298 e. The van der Waals surface area contributed by atoms with Crippen LogP contribution in [0.5, 0.6) is 23.0 Å². The zero-order valence-corrected chi connectivity index (χ0v) is 12.3. The summed E-state index contributed by atoms with van der Waals surface area (Å²) in [7, 11) is 1.57. The van der Waals surface area contributed by atoms with Gasteiger partial charge in [-0.15, -0.1) is 0 Å². The predicted molar refractivity (Wildman–Crippen MR) is 78.8 cm³/mol. The minimum atomic E-state index is -0.534. The number of carbonyl (C=O) groups excluding carboxylic acids is 1. The van der Waals surface area contributed by atoms with Crippen LogP contribution in [0.1, 0.15) is 23.1 Å². The molecule has 2 aliphatic rings. The predicted octanol–water partition coefficient (Wildman–Crippen LogP) is 2.51. The number of phenols is 1. The summed E-state index contributed by atoms with van der Waals surface area (Å²) in [5.41, 5.74) is 1.77. The summed E-state index contributed by atoms with van der Waals surface area (Å²) in [6.07, 6.45) is -0.820. The van der Waals surface area contributed by atoms with Gasteiger partial charge in [0.05, 0.1) is 5.92 Å². The molecule has 2 heterocycles. The summed E-state index contributed by atoms with van der Waals surface area (Å²) in [5, 5.41) is 9.65. The Morgan fingerprint density at radius 2 is 1.87 bits per heavy atom. The van der Waals surface area contributed by atoms with Gasteiger partial charge in [0, 0.05) is 30.4 Å². The average molecular weight is 314 g/mol. The molecule has 2 aromatic rings. The molecule has 0 spiro atoms. The van der Waals surface area contributed by atoms with E-state index in [1.54, 1.807) is 37.4 Å². The Balaban J connectivity index is 1.79. The smallest absolute Gasteiger partial charge is 0.298 e. The molecule has 23 heavy (non-hydrogen) atoms. The first kappa shape index (κ1) is 13.9. The van der Waals surface area contributed by atoms with Gasteiger partial charge in [-0.25, -0.2) is 0 Å². The van der Waals surface area contributed by atoms with Crippen molar-refractivity contribution < 1.29 is 28.8 Å². The van der Waals surface area contributed by atoms with E-state index in [1.807, 2.05) is 6.07 Å². The van der Waals surface area contributed by atoms with E-state index in [4.69, 9.17) is 18.9 Å². The molecule has 0 amide bonds. The van der Waals surface area contributed by atoms with Crippen LogP contribution in [-0.4, -0.2) is 25.0 Å². The minimum absolute atomic E-state index is 0.120. The second kappa shape index (κ2) is 5.17. The molecule has 0 fully saturated rings. The summed E-state index contributed by atoms with van der Waals surface area (Å²) < 4.78 is 22.3. The summed E-state index contributed by atoms with van der Waals surface area (Å²) in [6, 6.07) is 10.2. The fourth-order valence-electron chi connectivity index (χ4n) is 3.19. The molecule has 0 aliphatic carbocycles. The fraction of sp³-hybridized carbons (Fsp3) is 0.235. The first-order chi connectivity index (χ1) is 11.2. The van der Waals surface area contributed by atoms with Crippen LogP contribution >= 0.6 is 0 Å². The van der Waals surface area contributed by atoms with Gasteiger partial charge in [0.2, 0.25) is 6.29 Å². The van der Waals surface area contributed by atoms with E-state index in [9.17, 15) is 9.90 Å². The molecule has 118 valence electrons. The highest BCUT2D eigenvalue weighted by Crippen LogP contribution is 2.54. The molecule has 0 radical (unpaired) electrons. The number of aromatic hydroxyl groups is 1. The highest BCUT2D eigenvalue weighted by molar-refractivity contribution is 5.54. The maximum absolute atomic E-state index is 10.5. The van der Waals surface area contributed by atoms with Crippen LogP contribution in [0.25, 0.3) is 0 Å². The largest absolute Gasteiger partial charge is 0.508 e. The highest BCUT2D eigenvalue weighted by atomic mass is 16.7. The Bertz CT molecular complexity index is 772. The molecule has 0 aromatic heterocycles. The summed E-state index contributed by atoms with van der Waals surface area (Å²) in [4.78, 5) is 10.5. The number of rotatable bonds is 3. The fourth-order valence-corrected chi connectivity index (χ4v) is 3.19. The number of hydrogen-bond acceptors (Lipinski definition) is 6. The molecule has 0 saturated heterocycles. The van der Waals surface area contributed by atoms with Gasteiger partial charge in [-0.05, 0) is 18.2 Å². The van der Waals surface area contributed by atoms with Crippen molar-refractivity contribution in [2.24, 2.45) is 0 Å². The topological polar surface area (TPSA) is 74.2 Å². The van der Waals surface area contributed by atoms with Crippen LogP contribution in [0.3, 0.4) is 0 Å². The summed E-state index contributed by atoms with van der Waals surface area (Å²) >= 11 is 0. The third-order valence-electron chi connectivity index (χ3n) is 4.18. The van der Waals surface area contributed by atoms with E-state index in [2.05, 4.69) is 0 Å². The standard InChI is InChI=1S/C17H14O6/c1-20-17-15-11-5-3-10(21-8-18)7-14(11)22-16(15)12-4-2-9(19)6-13(12)23-17/h2-8,15-17,19H,1H3/t15-,16-,17+/m0/s1. The third kappa shape index (κ3) is 2.10. The quantitative estimate of drug-likeness (QED) is 0.878. The number of benzene rings is 2. The Labute approximate surface area is 132 Å². The highest BCUT2D eigenvalue weighted by Gasteiger charge is 2.47. The number of ether oxygens (including phenoxy) is 4. The first-order valence-corrected chi connectivity index (χ1v) is 7.14. The van der Waals surface area contributed by atoms with Gasteiger partial charge in [0.1, 0.15) is 29.1 Å². The molecule has 0 bridgehead atoms. The van der Waals surface area contributed by atoms with Crippen LogP contribution in [0.15, 0.2) is 36.4 Å². The van der Waals surface area contributed by atoms with Gasteiger partial charge in [0.15, 0.2) is 0 Å². The van der Waals surface area contributed by atoms with Crippen molar-refractivity contribution >= 4 is 6.47 Å². The van der Waals surface area contributed by atoms with Gasteiger partial charge in [-0.3, -0.25) is 4.79 Å². The second-order valence-corrected chi connectivity index (χ2v) is 5.42. The Kier molecular flexibility index (Phi) is 3.12. The van der Waals surface area contributed by atoms with Crippen molar-refractivity contribution in [3.63, 3.8) is 0 Å². The molecule has 3 atom stereocenters. The monoisotopic (exact) mass is 314 g/mol. The Morgan fingerprint density at radius 1 is 1.09 bits per heavy atom. The molecular formula is C17H14O6. The third-order valence-corrected chi connectivity index (χ3v) is 4.18. The number of carbonyl (C=O) groups is 1. The lowest BCUT2D eigenvalue weighted by Crippen LogP contribution is -2.34. The van der Waals surface area contributed by atoms with Crippen molar-refractivity contribution in [2.75, 3.05) is 7.11 Å². The Morgan fingerprint density at radius 3 is 2.65 bits per heavy atom. The van der Waals surface area contributed by atoms with Crippen molar-refractivity contribution in [1.29, 1.82) is 0 Å². The van der Waals surface area contributed by atoms with Gasteiger partial charge in [0.25, 0.3) is 6.47 Å². The minimum Gasteiger partial charge on any atom is -0.508 e. The number of methoxy groups -OCH3 is 1. The van der Waals surface area contributed by atoms with Crippen molar-refractivity contribution in [2.45, 2.75) is 18.3 Å². The second-order valence-electron chi connectivity index (χ2n) is 5.42. The van der Waals surface area contributed by atoms with Gasteiger partial charge in [-0.1, -0.05) is 6.07 Å².